The molecular formula is C13H25NO3. The Morgan fingerprint density at radius 1 is 1.35 bits per heavy atom. The van der Waals surface area contributed by atoms with Crippen LogP contribution < -0.4 is 0 Å². The molecule has 1 N–H and O–H groups in total. The van der Waals surface area contributed by atoms with Crippen LogP contribution in [-0.2, 0) is 9.53 Å². The molecule has 17 heavy (non-hydrogen) atoms. The van der Waals surface area contributed by atoms with E-state index in [0.29, 0.717) is 13.0 Å². The Morgan fingerprint density at radius 3 is 2.59 bits per heavy atom. The Bertz CT molecular complexity index is 268. The van der Waals surface area contributed by atoms with E-state index in [9.17, 15) is 9.90 Å². The number of carbonyl (C=O) groups is 1. The lowest BCUT2D eigenvalue weighted by atomic mass is 9.98. The molecule has 1 aliphatic heterocycles. The monoisotopic (exact) mass is 243 g/mol. The van der Waals surface area contributed by atoms with Crippen LogP contribution in [0.25, 0.3) is 0 Å². The Balaban J connectivity index is 2.42. The van der Waals surface area contributed by atoms with E-state index in [2.05, 4.69) is 0 Å². The quantitative estimate of drug-likeness (QED) is 0.801. The van der Waals surface area contributed by atoms with E-state index >= 15 is 0 Å². The molecule has 1 rings (SSSR count). The van der Waals surface area contributed by atoms with Gasteiger partial charge in [-0.2, -0.15) is 0 Å². The van der Waals surface area contributed by atoms with Gasteiger partial charge in [0.05, 0.1) is 11.2 Å². The van der Waals surface area contributed by atoms with Crippen LogP contribution in [0.4, 0.5) is 0 Å². The van der Waals surface area contributed by atoms with E-state index in [1.165, 1.54) is 0 Å². The van der Waals surface area contributed by atoms with Gasteiger partial charge in [-0.05, 0) is 47.0 Å². The second kappa shape index (κ2) is 5.36. The maximum absolute atomic E-state index is 11.9. The van der Waals surface area contributed by atoms with Gasteiger partial charge in [-0.15, -0.1) is 0 Å². The van der Waals surface area contributed by atoms with Crippen LogP contribution in [-0.4, -0.2) is 46.8 Å². The molecule has 0 spiro atoms. The molecule has 0 radical (unpaired) electrons. The highest BCUT2D eigenvalue weighted by Crippen LogP contribution is 2.21. The number of hydrogen-bond donors (Lipinski definition) is 1. The molecule has 1 unspecified atom stereocenters. The molecule has 0 saturated carbocycles. The first-order valence-corrected chi connectivity index (χ1v) is 6.34. The number of likely N-dealkylation sites (tertiary alicyclic amines) is 1. The number of ether oxygens (including phenoxy) is 1. The lowest BCUT2D eigenvalue weighted by Gasteiger charge is -2.25. The zero-order chi connectivity index (χ0) is 13.1. The minimum atomic E-state index is -0.625. The zero-order valence-corrected chi connectivity index (χ0v) is 11.5. The normalized spacial score (nSPS) is 26.8. The third-order valence-electron chi connectivity index (χ3n) is 3.05. The van der Waals surface area contributed by atoms with E-state index in [-0.39, 0.29) is 18.1 Å². The number of carbonyl (C=O) groups excluding carboxylic acids is 1. The minimum absolute atomic E-state index is 0.0256. The zero-order valence-electron chi connectivity index (χ0n) is 11.5. The van der Waals surface area contributed by atoms with Crippen molar-refractivity contribution in [2.45, 2.75) is 58.2 Å². The van der Waals surface area contributed by atoms with Gasteiger partial charge in [0.2, 0.25) is 5.91 Å². The molecule has 4 nitrogen and oxygen atoms in total. The van der Waals surface area contributed by atoms with E-state index in [0.717, 1.165) is 19.4 Å². The summed E-state index contributed by atoms with van der Waals surface area (Å²) in [5, 5.41) is 9.94. The maximum Gasteiger partial charge on any atom is 0.248 e. The Labute approximate surface area is 104 Å². The number of amides is 1. The van der Waals surface area contributed by atoms with E-state index in [4.69, 9.17) is 4.74 Å². The van der Waals surface area contributed by atoms with Crippen molar-refractivity contribution in [1.29, 1.82) is 0 Å². The van der Waals surface area contributed by atoms with Crippen molar-refractivity contribution in [3.05, 3.63) is 0 Å². The summed E-state index contributed by atoms with van der Waals surface area (Å²) in [7, 11) is 0. The van der Waals surface area contributed by atoms with Crippen LogP contribution >= 0.6 is 0 Å². The highest BCUT2D eigenvalue weighted by Gasteiger charge is 2.27. The molecule has 0 aliphatic carbocycles. The van der Waals surface area contributed by atoms with Crippen LogP contribution in [0.15, 0.2) is 0 Å². The molecule has 4 heteroatoms. The van der Waals surface area contributed by atoms with Gasteiger partial charge in [0.15, 0.2) is 0 Å². The maximum atomic E-state index is 11.9. The van der Waals surface area contributed by atoms with Crippen molar-refractivity contribution >= 4 is 5.91 Å². The third-order valence-corrected chi connectivity index (χ3v) is 3.05. The van der Waals surface area contributed by atoms with Gasteiger partial charge >= 0.3 is 0 Å². The SMILES string of the molecule is CC1(O)CCCN(C(=O)COC(C)(C)C)CC1. The molecule has 1 saturated heterocycles. The fourth-order valence-corrected chi connectivity index (χ4v) is 1.88. The van der Waals surface area contributed by atoms with Gasteiger partial charge in [-0.25, -0.2) is 0 Å². The van der Waals surface area contributed by atoms with Crippen molar-refractivity contribution < 1.29 is 14.6 Å². The highest BCUT2D eigenvalue weighted by molar-refractivity contribution is 5.77. The summed E-state index contributed by atoms with van der Waals surface area (Å²) in [6, 6.07) is 0. The summed E-state index contributed by atoms with van der Waals surface area (Å²) < 4.78 is 5.48. The molecule has 1 atom stereocenters. The lowest BCUT2D eigenvalue weighted by molar-refractivity contribution is -0.141. The summed E-state index contributed by atoms with van der Waals surface area (Å²) >= 11 is 0. The van der Waals surface area contributed by atoms with Crippen LogP contribution in [0, 0.1) is 0 Å². The van der Waals surface area contributed by atoms with Crippen molar-refractivity contribution in [3.63, 3.8) is 0 Å². The van der Waals surface area contributed by atoms with Gasteiger partial charge < -0.3 is 14.7 Å². The first-order chi connectivity index (χ1) is 7.70. The fraction of sp³-hybridized carbons (Fsp3) is 0.923. The topological polar surface area (TPSA) is 49.8 Å². The van der Waals surface area contributed by atoms with Gasteiger partial charge in [0.1, 0.15) is 6.61 Å². The summed E-state index contributed by atoms with van der Waals surface area (Å²) in [5.74, 6) is 0.0256. The molecule has 1 aliphatic rings. The summed E-state index contributed by atoms with van der Waals surface area (Å²) in [6.45, 7) is 9.13. The molecule has 1 amide bonds. The van der Waals surface area contributed by atoms with Crippen molar-refractivity contribution in [3.8, 4) is 0 Å². The molecular weight excluding hydrogens is 218 g/mol. The molecule has 0 bridgehead atoms. The van der Waals surface area contributed by atoms with E-state index in [1.54, 1.807) is 4.90 Å². The fourth-order valence-electron chi connectivity index (χ4n) is 1.88. The first-order valence-electron chi connectivity index (χ1n) is 6.34. The Hall–Kier alpha value is -0.610. The van der Waals surface area contributed by atoms with Crippen LogP contribution in [0.2, 0.25) is 0 Å². The first kappa shape index (κ1) is 14.5. The third kappa shape index (κ3) is 5.50. The Morgan fingerprint density at radius 2 is 2.00 bits per heavy atom. The van der Waals surface area contributed by atoms with Crippen molar-refractivity contribution in [2.24, 2.45) is 0 Å². The number of nitrogens with zero attached hydrogens (tertiary/aromatic N) is 1. The standard InChI is InChI=1S/C13H25NO3/c1-12(2,3)17-10-11(15)14-8-5-6-13(4,16)7-9-14/h16H,5-10H2,1-4H3. The van der Waals surface area contributed by atoms with Crippen molar-refractivity contribution in [1.82, 2.24) is 4.90 Å². The van der Waals surface area contributed by atoms with Gasteiger partial charge in [0, 0.05) is 13.1 Å². The number of aliphatic hydroxyl groups is 1. The smallest absolute Gasteiger partial charge is 0.248 e. The highest BCUT2D eigenvalue weighted by atomic mass is 16.5. The van der Waals surface area contributed by atoms with Gasteiger partial charge in [0.25, 0.3) is 0 Å². The van der Waals surface area contributed by atoms with Crippen LogP contribution in [0.5, 0.6) is 0 Å². The average molecular weight is 243 g/mol. The average Bonchev–Trinajstić information content (AvgIpc) is 2.35. The molecule has 1 heterocycles. The second-order valence-corrected chi connectivity index (χ2v) is 6.13. The minimum Gasteiger partial charge on any atom is -0.390 e. The van der Waals surface area contributed by atoms with Crippen LogP contribution in [0.3, 0.4) is 0 Å². The van der Waals surface area contributed by atoms with E-state index in [1.807, 2.05) is 27.7 Å². The molecule has 100 valence electrons. The largest absolute Gasteiger partial charge is 0.390 e. The predicted molar refractivity (Wildman–Crippen MR) is 66.8 cm³/mol. The van der Waals surface area contributed by atoms with Gasteiger partial charge in [-0.1, -0.05) is 0 Å². The summed E-state index contributed by atoms with van der Waals surface area (Å²) in [6.07, 6.45) is 2.26. The molecule has 1 fully saturated rings. The second-order valence-electron chi connectivity index (χ2n) is 6.13. The summed E-state index contributed by atoms with van der Waals surface area (Å²) in [4.78, 5) is 13.7. The molecule has 0 aromatic rings. The van der Waals surface area contributed by atoms with Crippen LogP contribution in [0.1, 0.15) is 47.0 Å². The molecule has 0 aromatic carbocycles. The number of rotatable bonds is 2. The molecule has 0 aromatic heterocycles. The summed E-state index contributed by atoms with van der Waals surface area (Å²) in [5.41, 5.74) is -0.910. The lowest BCUT2D eigenvalue weighted by Crippen LogP contribution is -2.37. The number of hydrogen-bond acceptors (Lipinski definition) is 3. The Kier molecular flexibility index (Phi) is 4.55. The predicted octanol–water partition coefficient (Wildman–Crippen LogP) is 1.56. The van der Waals surface area contributed by atoms with Gasteiger partial charge in [-0.3, -0.25) is 4.79 Å². The van der Waals surface area contributed by atoms with Crippen molar-refractivity contribution in [2.75, 3.05) is 19.7 Å². The van der Waals surface area contributed by atoms with E-state index < -0.39 is 5.60 Å².